The van der Waals surface area contributed by atoms with Crippen molar-refractivity contribution in [3.8, 4) is 0 Å². The zero-order valence-electron chi connectivity index (χ0n) is 38.5. The number of carbonyl (C=O) groups excluding carboxylic acids is 3. The minimum Gasteiger partial charge on any atom is -0.462 e. The predicted molar refractivity (Wildman–Crippen MR) is 251 cm³/mol. The van der Waals surface area contributed by atoms with Gasteiger partial charge in [-0.15, -0.1) is 0 Å². The molecule has 0 amide bonds. The highest BCUT2D eigenvalue weighted by Crippen LogP contribution is 2.15. The second-order valence-corrected chi connectivity index (χ2v) is 16.0. The number of carbonyl (C=O) groups is 3. The van der Waals surface area contributed by atoms with Crippen LogP contribution in [-0.4, -0.2) is 37.2 Å². The molecule has 0 saturated carbocycles. The van der Waals surface area contributed by atoms with Gasteiger partial charge in [0.15, 0.2) is 6.10 Å². The maximum Gasteiger partial charge on any atom is 0.306 e. The van der Waals surface area contributed by atoms with E-state index in [9.17, 15) is 14.4 Å². The lowest BCUT2D eigenvalue weighted by atomic mass is 10.0. The first-order valence-electron chi connectivity index (χ1n) is 24.4. The fourth-order valence-electron chi connectivity index (χ4n) is 6.53. The molecule has 1 atom stereocenters. The van der Waals surface area contributed by atoms with Crippen molar-refractivity contribution in [2.45, 2.75) is 232 Å². The lowest BCUT2D eigenvalue weighted by Gasteiger charge is -2.18. The summed E-state index contributed by atoms with van der Waals surface area (Å²) in [6.07, 6.45) is 58.9. The molecule has 0 rings (SSSR count). The average molecular weight is 823 g/mol. The molecule has 0 aromatic rings. The van der Waals surface area contributed by atoms with Crippen molar-refractivity contribution in [3.05, 3.63) is 72.9 Å². The molecular formula is C53H90O6. The van der Waals surface area contributed by atoms with Gasteiger partial charge < -0.3 is 14.2 Å². The number of hydrogen-bond acceptors (Lipinski definition) is 6. The van der Waals surface area contributed by atoms with Crippen LogP contribution in [0.1, 0.15) is 226 Å². The van der Waals surface area contributed by atoms with Crippen LogP contribution in [0.2, 0.25) is 0 Å². The van der Waals surface area contributed by atoms with E-state index in [1.807, 2.05) is 12.2 Å². The van der Waals surface area contributed by atoms with Gasteiger partial charge in [0.25, 0.3) is 0 Å². The summed E-state index contributed by atoms with van der Waals surface area (Å²) in [4.78, 5) is 37.8. The minimum absolute atomic E-state index is 0.104. The van der Waals surface area contributed by atoms with Gasteiger partial charge in [-0.2, -0.15) is 0 Å². The third-order valence-electron chi connectivity index (χ3n) is 10.2. The van der Waals surface area contributed by atoms with Crippen molar-refractivity contribution >= 4 is 17.9 Å². The summed E-state index contributed by atoms with van der Waals surface area (Å²) in [6.45, 7) is 6.40. The van der Waals surface area contributed by atoms with Gasteiger partial charge in [-0.25, -0.2) is 0 Å². The van der Waals surface area contributed by atoms with Crippen LogP contribution in [0, 0.1) is 0 Å². The standard InChI is InChI=1S/C53H90O6/c1-4-7-10-13-16-19-22-25-28-31-34-37-40-43-46-52(55)58-49-50(48-57-51(54)45-42-39-36-33-30-27-24-21-18-15-12-9-6-3)59-53(56)47-44-41-38-35-32-29-26-23-20-17-14-11-8-5-2/h9,12-13,16,18,21-22,25,27,30,36,39,50H,4-8,10-11,14-15,17,19-20,23-24,26,28-29,31-35,37-38,40-49H2,1-3H3/b12-9-,16-13-,21-18-,25-22-,30-27-,39-36-. The fraction of sp³-hybridized carbons (Fsp3) is 0.717. The molecule has 6 nitrogen and oxygen atoms in total. The normalized spacial score (nSPS) is 12.7. The summed E-state index contributed by atoms with van der Waals surface area (Å²) in [5.74, 6) is -1.00. The van der Waals surface area contributed by atoms with E-state index in [0.29, 0.717) is 19.3 Å². The molecule has 59 heavy (non-hydrogen) atoms. The van der Waals surface area contributed by atoms with Gasteiger partial charge in [-0.1, -0.05) is 209 Å². The van der Waals surface area contributed by atoms with Gasteiger partial charge in [-0.05, 0) is 70.6 Å². The Morgan fingerprint density at radius 2 is 0.712 bits per heavy atom. The quantitative estimate of drug-likeness (QED) is 0.0264. The maximum absolute atomic E-state index is 12.8. The number of rotatable bonds is 43. The Hall–Kier alpha value is -3.15. The Balaban J connectivity index is 4.48. The van der Waals surface area contributed by atoms with Crippen molar-refractivity contribution in [2.75, 3.05) is 13.2 Å². The largest absolute Gasteiger partial charge is 0.462 e. The monoisotopic (exact) mass is 823 g/mol. The molecule has 1 unspecified atom stereocenters. The van der Waals surface area contributed by atoms with Crippen molar-refractivity contribution in [1.29, 1.82) is 0 Å². The molecule has 0 N–H and O–H groups in total. The second-order valence-electron chi connectivity index (χ2n) is 16.0. The van der Waals surface area contributed by atoms with Crippen LogP contribution in [0.15, 0.2) is 72.9 Å². The lowest BCUT2D eigenvalue weighted by molar-refractivity contribution is -0.166. The van der Waals surface area contributed by atoms with Crippen LogP contribution < -0.4 is 0 Å². The van der Waals surface area contributed by atoms with Crippen LogP contribution in [0.3, 0.4) is 0 Å². The minimum atomic E-state index is -0.806. The molecule has 0 spiro atoms. The second kappa shape index (κ2) is 47.5. The van der Waals surface area contributed by atoms with Crippen LogP contribution in [0.4, 0.5) is 0 Å². The van der Waals surface area contributed by atoms with Gasteiger partial charge in [0, 0.05) is 19.3 Å². The first kappa shape index (κ1) is 55.9. The fourth-order valence-corrected chi connectivity index (χ4v) is 6.53. The summed E-state index contributed by atoms with van der Waals surface area (Å²) in [5.41, 5.74) is 0. The van der Waals surface area contributed by atoms with Crippen molar-refractivity contribution in [3.63, 3.8) is 0 Å². The highest BCUT2D eigenvalue weighted by atomic mass is 16.6. The summed E-state index contributed by atoms with van der Waals surface area (Å²) in [6, 6.07) is 0. The number of esters is 3. The predicted octanol–water partition coefficient (Wildman–Crippen LogP) is 15.9. The summed E-state index contributed by atoms with van der Waals surface area (Å²) in [7, 11) is 0. The van der Waals surface area contributed by atoms with Crippen LogP contribution in [0.5, 0.6) is 0 Å². The highest BCUT2D eigenvalue weighted by molar-refractivity contribution is 5.71. The van der Waals surface area contributed by atoms with Gasteiger partial charge in [0.1, 0.15) is 13.2 Å². The first-order chi connectivity index (χ1) is 29.0. The summed E-state index contributed by atoms with van der Waals surface area (Å²) in [5, 5.41) is 0. The Bertz CT molecular complexity index is 1130. The van der Waals surface area contributed by atoms with Crippen molar-refractivity contribution < 1.29 is 28.6 Å². The molecule has 0 heterocycles. The molecule has 0 bridgehead atoms. The number of unbranched alkanes of at least 4 members (excludes halogenated alkanes) is 20. The van der Waals surface area contributed by atoms with Crippen molar-refractivity contribution in [2.24, 2.45) is 0 Å². The zero-order valence-corrected chi connectivity index (χ0v) is 38.5. The molecule has 0 aliphatic rings. The van der Waals surface area contributed by atoms with E-state index in [4.69, 9.17) is 14.2 Å². The smallest absolute Gasteiger partial charge is 0.306 e. The third kappa shape index (κ3) is 45.8. The molecular weight excluding hydrogens is 733 g/mol. The highest BCUT2D eigenvalue weighted by Gasteiger charge is 2.19. The van der Waals surface area contributed by atoms with E-state index in [0.717, 1.165) is 89.9 Å². The molecule has 0 aliphatic carbocycles. The van der Waals surface area contributed by atoms with E-state index in [2.05, 4.69) is 81.5 Å². The van der Waals surface area contributed by atoms with Gasteiger partial charge in [-0.3, -0.25) is 14.4 Å². The molecule has 0 saturated heterocycles. The molecule has 0 aliphatic heterocycles. The molecule has 0 fully saturated rings. The number of hydrogen-bond donors (Lipinski definition) is 0. The number of allylic oxidation sites excluding steroid dienone is 12. The van der Waals surface area contributed by atoms with E-state index in [1.54, 1.807) is 0 Å². The van der Waals surface area contributed by atoms with Crippen LogP contribution in [0.25, 0.3) is 0 Å². The van der Waals surface area contributed by atoms with Gasteiger partial charge in [0.2, 0.25) is 0 Å². The van der Waals surface area contributed by atoms with Crippen LogP contribution >= 0.6 is 0 Å². The average Bonchev–Trinajstić information content (AvgIpc) is 3.23. The molecule has 6 heteroatoms. The zero-order chi connectivity index (χ0) is 43.0. The molecule has 338 valence electrons. The van der Waals surface area contributed by atoms with Gasteiger partial charge >= 0.3 is 17.9 Å². The molecule has 0 aromatic heterocycles. The summed E-state index contributed by atoms with van der Waals surface area (Å²) >= 11 is 0. The Labute approximate surface area is 363 Å². The number of ether oxygens (including phenoxy) is 3. The third-order valence-corrected chi connectivity index (χ3v) is 10.2. The van der Waals surface area contributed by atoms with E-state index < -0.39 is 6.10 Å². The lowest BCUT2D eigenvalue weighted by Crippen LogP contribution is -2.30. The molecule has 0 aromatic carbocycles. The van der Waals surface area contributed by atoms with Gasteiger partial charge in [0.05, 0.1) is 0 Å². The topological polar surface area (TPSA) is 78.9 Å². The maximum atomic E-state index is 12.8. The molecule has 0 radical (unpaired) electrons. The van der Waals surface area contributed by atoms with Crippen LogP contribution in [-0.2, 0) is 28.6 Å². The van der Waals surface area contributed by atoms with Crippen molar-refractivity contribution in [1.82, 2.24) is 0 Å². The summed E-state index contributed by atoms with van der Waals surface area (Å²) < 4.78 is 16.7. The SMILES string of the molecule is CC/C=C\C/C=C\C/C=C\C/C=C\CCC(=O)OCC(COC(=O)CCCCCCC/C=C\C/C=C\CCCC)OC(=O)CCCCCCCCCCCCCCCC. The van der Waals surface area contributed by atoms with E-state index in [1.165, 1.54) is 89.9 Å². The Morgan fingerprint density at radius 3 is 1.19 bits per heavy atom. The Kier molecular flexibility index (Phi) is 45.0. The van der Waals surface area contributed by atoms with E-state index >= 15 is 0 Å². The Morgan fingerprint density at radius 1 is 0.356 bits per heavy atom. The van der Waals surface area contributed by atoms with E-state index in [-0.39, 0.29) is 37.5 Å². The first-order valence-corrected chi connectivity index (χ1v) is 24.4.